The summed E-state index contributed by atoms with van der Waals surface area (Å²) in [6, 6.07) is 10.3. The molecule has 124 valence electrons. The smallest absolute Gasteiger partial charge is 0.274 e. The number of carbonyl (C=O) groups excluding carboxylic acids is 2. The van der Waals surface area contributed by atoms with Crippen molar-refractivity contribution in [1.29, 1.82) is 0 Å². The molecule has 0 spiro atoms. The molecule has 1 heterocycles. The van der Waals surface area contributed by atoms with Crippen LogP contribution in [0.2, 0.25) is 0 Å². The molecule has 0 aliphatic carbocycles. The Morgan fingerprint density at radius 2 is 1.91 bits per heavy atom. The molecule has 1 unspecified atom stereocenters. The molecule has 0 saturated carbocycles. The van der Waals surface area contributed by atoms with E-state index in [1.807, 2.05) is 25.1 Å². The van der Waals surface area contributed by atoms with Crippen molar-refractivity contribution in [3.05, 3.63) is 47.8 Å². The van der Waals surface area contributed by atoms with Crippen LogP contribution in [0.1, 0.15) is 27.9 Å². The van der Waals surface area contributed by atoms with Crippen molar-refractivity contribution >= 4 is 24.2 Å². The zero-order chi connectivity index (χ0) is 16.3. The van der Waals surface area contributed by atoms with Crippen LogP contribution in [0.25, 0.3) is 5.69 Å². The van der Waals surface area contributed by atoms with Crippen molar-refractivity contribution < 1.29 is 9.59 Å². The van der Waals surface area contributed by atoms with Crippen LogP contribution in [0.5, 0.6) is 0 Å². The molecule has 2 amide bonds. The molecule has 7 nitrogen and oxygen atoms in total. The standard InChI is InChI=1S/C15H19N5O2.ClH/c1-10(9-16)19(2)15(22)12-8-13(14(17)21)20(18-12)11-6-4-3-5-7-11;/h3-8,10H,9,16H2,1-2H3,(H2,17,21);1H. The van der Waals surface area contributed by atoms with Crippen LogP contribution in [0.3, 0.4) is 0 Å². The molecule has 1 aromatic heterocycles. The van der Waals surface area contributed by atoms with E-state index in [4.69, 9.17) is 11.5 Å². The van der Waals surface area contributed by atoms with E-state index in [2.05, 4.69) is 5.10 Å². The Bertz CT molecular complexity index is 686. The van der Waals surface area contributed by atoms with Crippen molar-refractivity contribution in [2.75, 3.05) is 13.6 Å². The molecule has 0 bridgehead atoms. The fourth-order valence-electron chi connectivity index (χ4n) is 1.97. The van der Waals surface area contributed by atoms with Gasteiger partial charge in [-0.3, -0.25) is 9.59 Å². The summed E-state index contributed by atoms with van der Waals surface area (Å²) in [6.07, 6.45) is 0. The maximum atomic E-state index is 12.4. The molecule has 0 saturated heterocycles. The number of hydrogen-bond acceptors (Lipinski definition) is 4. The Balaban J connectivity index is 0.00000264. The van der Waals surface area contributed by atoms with E-state index in [-0.39, 0.29) is 35.7 Å². The molecule has 23 heavy (non-hydrogen) atoms. The van der Waals surface area contributed by atoms with Crippen LogP contribution in [-0.4, -0.2) is 46.1 Å². The summed E-state index contributed by atoms with van der Waals surface area (Å²) in [6.45, 7) is 2.17. The number of nitrogens with zero attached hydrogens (tertiary/aromatic N) is 3. The highest BCUT2D eigenvalue weighted by molar-refractivity contribution is 5.97. The van der Waals surface area contributed by atoms with Crippen LogP contribution in [0.4, 0.5) is 0 Å². The summed E-state index contributed by atoms with van der Waals surface area (Å²) in [4.78, 5) is 25.5. The molecule has 8 heteroatoms. The number of nitrogens with two attached hydrogens (primary N) is 2. The molecule has 4 N–H and O–H groups in total. The normalized spacial score (nSPS) is 11.4. The monoisotopic (exact) mass is 337 g/mol. The van der Waals surface area contributed by atoms with E-state index in [0.717, 1.165) is 0 Å². The number of primary amides is 1. The number of benzene rings is 1. The number of hydrogen-bond donors (Lipinski definition) is 2. The van der Waals surface area contributed by atoms with E-state index in [1.165, 1.54) is 15.6 Å². The first kappa shape index (κ1) is 18.7. The van der Waals surface area contributed by atoms with Gasteiger partial charge in [0.25, 0.3) is 11.8 Å². The van der Waals surface area contributed by atoms with Crippen molar-refractivity contribution in [3.8, 4) is 5.69 Å². The number of para-hydroxylation sites is 1. The second-order valence-electron chi connectivity index (χ2n) is 5.03. The third kappa shape index (κ3) is 3.88. The van der Waals surface area contributed by atoms with Gasteiger partial charge in [0, 0.05) is 25.7 Å². The first-order valence-corrected chi connectivity index (χ1v) is 6.88. The van der Waals surface area contributed by atoms with Gasteiger partial charge in [0.2, 0.25) is 0 Å². The zero-order valence-electron chi connectivity index (χ0n) is 13.0. The summed E-state index contributed by atoms with van der Waals surface area (Å²) in [5, 5.41) is 4.22. The summed E-state index contributed by atoms with van der Waals surface area (Å²) in [5.41, 5.74) is 11.9. The third-order valence-corrected chi connectivity index (χ3v) is 3.50. The summed E-state index contributed by atoms with van der Waals surface area (Å²) in [5.74, 6) is -0.958. The highest BCUT2D eigenvalue weighted by Gasteiger charge is 2.23. The SMILES string of the molecule is CC(CN)N(C)C(=O)c1cc(C(N)=O)n(-c2ccccc2)n1.Cl. The predicted molar refractivity (Wildman–Crippen MR) is 89.9 cm³/mol. The van der Waals surface area contributed by atoms with Gasteiger partial charge < -0.3 is 16.4 Å². The molecule has 1 atom stereocenters. The quantitative estimate of drug-likeness (QED) is 0.841. The second kappa shape index (κ2) is 7.75. The topological polar surface area (TPSA) is 107 Å². The van der Waals surface area contributed by atoms with Crippen LogP contribution in [-0.2, 0) is 0 Å². The number of rotatable bonds is 5. The number of amides is 2. The summed E-state index contributed by atoms with van der Waals surface area (Å²) >= 11 is 0. The minimum Gasteiger partial charge on any atom is -0.364 e. The van der Waals surface area contributed by atoms with E-state index < -0.39 is 5.91 Å². The van der Waals surface area contributed by atoms with E-state index in [9.17, 15) is 9.59 Å². The van der Waals surface area contributed by atoms with Crippen molar-refractivity contribution in [2.24, 2.45) is 11.5 Å². The lowest BCUT2D eigenvalue weighted by Crippen LogP contribution is -2.39. The maximum absolute atomic E-state index is 12.4. The molecule has 2 aromatic rings. The highest BCUT2D eigenvalue weighted by Crippen LogP contribution is 2.14. The highest BCUT2D eigenvalue weighted by atomic mass is 35.5. The molecule has 1 aromatic carbocycles. The van der Waals surface area contributed by atoms with Crippen LogP contribution in [0.15, 0.2) is 36.4 Å². The average Bonchev–Trinajstić information content (AvgIpc) is 2.99. The molecule has 0 fully saturated rings. The molecule has 0 aliphatic rings. The molecular weight excluding hydrogens is 318 g/mol. The van der Waals surface area contributed by atoms with Crippen molar-refractivity contribution in [2.45, 2.75) is 13.0 Å². The maximum Gasteiger partial charge on any atom is 0.274 e. The Morgan fingerprint density at radius 3 is 2.43 bits per heavy atom. The largest absolute Gasteiger partial charge is 0.364 e. The van der Waals surface area contributed by atoms with Gasteiger partial charge in [-0.05, 0) is 19.1 Å². The van der Waals surface area contributed by atoms with E-state index in [1.54, 1.807) is 19.2 Å². The second-order valence-corrected chi connectivity index (χ2v) is 5.03. The Kier molecular flexibility index (Phi) is 6.29. The summed E-state index contributed by atoms with van der Waals surface area (Å²) < 4.78 is 1.37. The van der Waals surface area contributed by atoms with Gasteiger partial charge in [-0.1, -0.05) is 18.2 Å². The number of aromatic nitrogens is 2. The zero-order valence-corrected chi connectivity index (χ0v) is 13.8. The number of likely N-dealkylation sites (N-methyl/N-ethyl adjacent to an activating group) is 1. The fourth-order valence-corrected chi connectivity index (χ4v) is 1.97. The van der Waals surface area contributed by atoms with Gasteiger partial charge in [0.15, 0.2) is 5.69 Å². The first-order chi connectivity index (χ1) is 10.5. The Morgan fingerprint density at radius 1 is 1.30 bits per heavy atom. The van der Waals surface area contributed by atoms with Crippen LogP contribution >= 0.6 is 12.4 Å². The van der Waals surface area contributed by atoms with Gasteiger partial charge in [-0.25, -0.2) is 4.68 Å². The molecule has 0 radical (unpaired) electrons. The van der Waals surface area contributed by atoms with E-state index in [0.29, 0.717) is 12.2 Å². The van der Waals surface area contributed by atoms with Gasteiger partial charge >= 0.3 is 0 Å². The van der Waals surface area contributed by atoms with Gasteiger partial charge in [0.05, 0.1) is 5.69 Å². The molecular formula is C15H20ClN5O2. The molecule has 2 rings (SSSR count). The van der Waals surface area contributed by atoms with Crippen molar-refractivity contribution in [1.82, 2.24) is 14.7 Å². The van der Waals surface area contributed by atoms with Gasteiger partial charge in [0.1, 0.15) is 5.69 Å². The van der Waals surface area contributed by atoms with Crippen LogP contribution in [0, 0.1) is 0 Å². The Hall–Kier alpha value is -2.38. The third-order valence-electron chi connectivity index (χ3n) is 3.50. The lowest BCUT2D eigenvalue weighted by atomic mass is 10.2. The fraction of sp³-hybridized carbons (Fsp3) is 0.267. The number of halogens is 1. The lowest BCUT2D eigenvalue weighted by molar-refractivity contribution is 0.0742. The average molecular weight is 338 g/mol. The first-order valence-electron chi connectivity index (χ1n) is 6.88. The van der Waals surface area contributed by atoms with Gasteiger partial charge in [-0.2, -0.15) is 5.10 Å². The predicted octanol–water partition coefficient (Wildman–Crippen LogP) is 0.812. The summed E-state index contributed by atoms with van der Waals surface area (Å²) in [7, 11) is 1.64. The number of carbonyl (C=O) groups is 2. The van der Waals surface area contributed by atoms with Crippen molar-refractivity contribution in [3.63, 3.8) is 0 Å². The van der Waals surface area contributed by atoms with Crippen LogP contribution < -0.4 is 11.5 Å². The molecule has 0 aliphatic heterocycles. The van der Waals surface area contributed by atoms with Gasteiger partial charge in [-0.15, -0.1) is 12.4 Å². The minimum absolute atomic E-state index is 0. The Labute approximate surface area is 140 Å². The minimum atomic E-state index is -0.648. The van der Waals surface area contributed by atoms with E-state index >= 15 is 0 Å². The lowest BCUT2D eigenvalue weighted by Gasteiger charge is -2.22.